The van der Waals surface area contributed by atoms with Crippen LogP contribution >= 0.6 is 15.9 Å². The Morgan fingerprint density at radius 2 is 2.12 bits per heavy atom. The number of benzene rings is 1. The normalized spacial score (nSPS) is 11.4. The Morgan fingerprint density at radius 1 is 1.47 bits per heavy atom. The molecular weight excluding hydrogens is 315 g/mol. The number of nitrogens with two attached hydrogens (primary N) is 1. The molecule has 8 heteroatoms. The standard InChI is InChI=1S/C9H10BrFN2O3S/c10-6-1-2-8(7(11)5-6)17(15,16)13-4-3-9(12)14/h1-2,5,13H,3-4H2,(H2,12,14). The van der Waals surface area contributed by atoms with Crippen molar-refractivity contribution in [1.82, 2.24) is 4.72 Å². The van der Waals surface area contributed by atoms with Crippen molar-refractivity contribution in [3.05, 3.63) is 28.5 Å². The third kappa shape index (κ3) is 4.06. The summed E-state index contributed by atoms with van der Waals surface area (Å²) in [6.07, 6.45) is -0.141. The molecule has 0 heterocycles. The number of halogens is 2. The van der Waals surface area contributed by atoms with Gasteiger partial charge in [-0.2, -0.15) is 0 Å². The molecule has 0 unspecified atom stereocenters. The second-order valence-electron chi connectivity index (χ2n) is 3.19. The van der Waals surface area contributed by atoms with E-state index >= 15 is 0 Å². The van der Waals surface area contributed by atoms with E-state index in [2.05, 4.69) is 20.7 Å². The molecule has 94 valence electrons. The number of nitrogens with one attached hydrogen (secondary N) is 1. The van der Waals surface area contributed by atoms with E-state index in [9.17, 15) is 17.6 Å². The van der Waals surface area contributed by atoms with Crippen molar-refractivity contribution in [2.75, 3.05) is 6.54 Å². The maximum absolute atomic E-state index is 13.4. The Labute approximate surface area is 106 Å². The molecule has 0 spiro atoms. The van der Waals surface area contributed by atoms with Gasteiger partial charge in [-0.25, -0.2) is 17.5 Å². The topological polar surface area (TPSA) is 89.3 Å². The lowest BCUT2D eigenvalue weighted by molar-refractivity contribution is -0.117. The summed E-state index contributed by atoms with van der Waals surface area (Å²) in [7, 11) is -3.96. The van der Waals surface area contributed by atoms with Gasteiger partial charge >= 0.3 is 0 Å². The van der Waals surface area contributed by atoms with Crippen LogP contribution in [0.25, 0.3) is 0 Å². The van der Waals surface area contributed by atoms with Gasteiger partial charge in [-0.15, -0.1) is 0 Å². The van der Waals surface area contributed by atoms with Crippen LogP contribution in [0.1, 0.15) is 6.42 Å². The van der Waals surface area contributed by atoms with E-state index in [0.29, 0.717) is 4.47 Å². The average molecular weight is 325 g/mol. The van der Waals surface area contributed by atoms with Crippen molar-refractivity contribution in [1.29, 1.82) is 0 Å². The van der Waals surface area contributed by atoms with Crippen LogP contribution in [0.2, 0.25) is 0 Å². The van der Waals surface area contributed by atoms with E-state index in [1.807, 2.05) is 0 Å². The van der Waals surface area contributed by atoms with Gasteiger partial charge in [-0.3, -0.25) is 4.79 Å². The van der Waals surface area contributed by atoms with Crippen LogP contribution in [0, 0.1) is 5.82 Å². The van der Waals surface area contributed by atoms with Gasteiger partial charge < -0.3 is 5.73 Å². The number of hydrogen-bond acceptors (Lipinski definition) is 3. The van der Waals surface area contributed by atoms with E-state index in [4.69, 9.17) is 5.73 Å². The highest BCUT2D eigenvalue weighted by Gasteiger charge is 2.18. The van der Waals surface area contributed by atoms with Gasteiger partial charge in [0.25, 0.3) is 0 Å². The molecule has 3 N–H and O–H groups in total. The molecule has 0 bridgehead atoms. The lowest BCUT2D eigenvalue weighted by Gasteiger charge is -2.06. The fraction of sp³-hybridized carbons (Fsp3) is 0.222. The predicted molar refractivity (Wildman–Crippen MR) is 63.1 cm³/mol. The summed E-state index contributed by atoms with van der Waals surface area (Å²) < 4.78 is 39.2. The van der Waals surface area contributed by atoms with Crippen molar-refractivity contribution in [2.24, 2.45) is 5.73 Å². The molecule has 0 aliphatic heterocycles. The molecule has 1 amide bonds. The highest BCUT2D eigenvalue weighted by atomic mass is 79.9. The number of rotatable bonds is 5. The Kier molecular flexibility index (Phi) is 4.61. The second kappa shape index (κ2) is 5.56. The first-order valence-corrected chi connectivity index (χ1v) is 6.83. The molecular formula is C9H10BrFN2O3S. The molecule has 17 heavy (non-hydrogen) atoms. The maximum Gasteiger partial charge on any atom is 0.243 e. The summed E-state index contributed by atoms with van der Waals surface area (Å²) in [5, 5.41) is 0. The highest BCUT2D eigenvalue weighted by Crippen LogP contribution is 2.19. The van der Waals surface area contributed by atoms with Crippen LogP contribution in [-0.2, 0) is 14.8 Å². The van der Waals surface area contributed by atoms with Gasteiger partial charge in [0.05, 0.1) is 0 Å². The molecule has 0 aromatic heterocycles. The number of carbonyl (C=O) groups excluding carboxylic acids is 1. The Bertz CT molecular complexity index is 533. The van der Waals surface area contributed by atoms with E-state index in [-0.39, 0.29) is 13.0 Å². The number of primary amides is 1. The summed E-state index contributed by atoms with van der Waals surface area (Å²) in [5.74, 6) is -1.50. The zero-order chi connectivity index (χ0) is 13.1. The van der Waals surface area contributed by atoms with Crippen LogP contribution < -0.4 is 10.5 Å². The zero-order valence-electron chi connectivity index (χ0n) is 8.61. The monoisotopic (exact) mass is 324 g/mol. The first kappa shape index (κ1) is 14.1. The quantitative estimate of drug-likeness (QED) is 0.837. The molecule has 0 radical (unpaired) electrons. The Balaban J connectivity index is 2.86. The molecule has 0 saturated heterocycles. The number of sulfonamides is 1. The van der Waals surface area contributed by atoms with Gasteiger partial charge in [-0.1, -0.05) is 15.9 Å². The molecule has 1 rings (SSSR count). The molecule has 1 aromatic rings. The van der Waals surface area contributed by atoms with Gasteiger partial charge in [0.15, 0.2) is 0 Å². The van der Waals surface area contributed by atoms with Gasteiger partial charge in [0.2, 0.25) is 15.9 Å². The van der Waals surface area contributed by atoms with E-state index in [1.54, 1.807) is 0 Å². The SMILES string of the molecule is NC(=O)CCNS(=O)(=O)c1ccc(Br)cc1F. The van der Waals surface area contributed by atoms with Crippen LogP contribution in [0.5, 0.6) is 0 Å². The third-order valence-electron chi connectivity index (χ3n) is 1.85. The summed E-state index contributed by atoms with van der Waals surface area (Å²) in [5.41, 5.74) is 4.86. The Hall–Kier alpha value is -0.990. The predicted octanol–water partition coefficient (Wildman–Crippen LogP) is 0.742. The van der Waals surface area contributed by atoms with Gasteiger partial charge in [0.1, 0.15) is 10.7 Å². The lowest BCUT2D eigenvalue weighted by Crippen LogP contribution is -2.28. The largest absolute Gasteiger partial charge is 0.370 e. The summed E-state index contributed by atoms with van der Waals surface area (Å²) in [6.45, 7) is -0.160. The summed E-state index contributed by atoms with van der Waals surface area (Å²) in [4.78, 5) is 9.97. The third-order valence-corrected chi connectivity index (χ3v) is 3.83. The number of carbonyl (C=O) groups is 1. The summed E-state index contributed by atoms with van der Waals surface area (Å²) >= 11 is 3.02. The average Bonchev–Trinajstić information content (AvgIpc) is 2.15. The highest BCUT2D eigenvalue weighted by molar-refractivity contribution is 9.10. The van der Waals surface area contributed by atoms with E-state index < -0.39 is 26.6 Å². The second-order valence-corrected chi connectivity index (χ2v) is 5.84. The van der Waals surface area contributed by atoms with Crippen LogP contribution in [0.15, 0.2) is 27.6 Å². The molecule has 5 nitrogen and oxygen atoms in total. The van der Waals surface area contributed by atoms with Crippen molar-refractivity contribution in [3.63, 3.8) is 0 Å². The smallest absolute Gasteiger partial charge is 0.243 e. The number of hydrogen-bond donors (Lipinski definition) is 2. The molecule has 0 aliphatic rings. The molecule has 0 aliphatic carbocycles. The van der Waals surface area contributed by atoms with Crippen molar-refractivity contribution in [2.45, 2.75) is 11.3 Å². The van der Waals surface area contributed by atoms with Crippen molar-refractivity contribution in [3.8, 4) is 0 Å². The number of amides is 1. The molecule has 1 aromatic carbocycles. The molecule has 0 saturated carbocycles. The van der Waals surface area contributed by atoms with Crippen LogP contribution in [0.4, 0.5) is 4.39 Å². The van der Waals surface area contributed by atoms with Crippen LogP contribution in [-0.4, -0.2) is 20.9 Å². The maximum atomic E-state index is 13.4. The molecule has 0 atom stereocenters. The van der Waals surface area contributed by atoms with Crippen LogP contribution in [0.3, 0.4) is 0 Å². The fourth-order valence-corrected chi connectivity index (χ4v) is 2.50. The first-order valence-electron chi connectivity index (χ1n) is 4.56. The first-order chi connectivity index (χ1) is 7.83. The van der Waals surface area contributed by atoms with E-state index in [0.717, 1.165) is 12.1 Å². The lowest BCUT2D eigenvalue weighted by atomic mass is 10.3. The summed E-state index contributed by atoms with van der Waals surface area (Å²) in [6, 6.07) is 3.58. The minimum absolute atomic E-state index is 0.141. The fourth-order valence-electron chi connectivity index (χ4n) is 1.08. The molecule has 0 fully saturated rings. The van der Waals surface area contributed by atoms with Gasteiger partial charge in [0, 0.05) is 17.4 Å². The van der Waals surface area contributed by atoms with E-state index in [1.165, 1.54) is 6.07 Å². The minimum Gasteiger partial charge on any atom is -0.370 e. The van der Waals surface area contributed by atoms with Crippen molar-refractivity contribution >= 4 is 31.9 Å². The van der Waals surface area contributed by atoms with Gasteiger partial charge in [-0.05, 0) is 18.2 Å². The minimum atomic E-state index is -3.96. The zero-order valence-corrected chi connectivity index (χ0v) is 11.0. The Morgan fingerprint density at radius 3 is 2.65 bits per heavy atom. The van der Waals surface area contributed by atoms with Crippen molar-refractivity contribution < 1.29 is 17.6 Å².